The van der Waals surface area contributed by atoms with E-state index in [-0.39, 0.29) is 11.8 Å². The quantitative estimate of drug-likeness (QED) is 0.611. The molecular formula is C24H32N2O3. The normalized spacial score (nSPS) is 11.6. The van der Waals surface area contributed by atoms with Crippen LogP contribution in [0.2, 0.25) is 0 Å². The summed E-state index contributed by atoms with van der Waals surface area (Å²) in [4.78, 5) is 27.1. The molecule has 0 aromatic heterocycles. The first-order chi connectivity index (χ1) is 14.0. The predicted octanol–water partition coefficient (Wildman–Crippen LogP) is 5.05. The molecule has 2 amide bonds. The fraction of sp³-hybridized carbons (Fsp3) is 0.417. The standard InChI is InChI=1S/C24H32N2O3/c1-5-16-26(17-6-2)24(28)19-10-12-20(13-11-19)25-23(27)22(7-3)29-21-14-8-18(4)9-15-21/h8-15,22H,5-7,16-17H2,1-4H3,(H,25,27). The number of aryl methyl sites for hydroxylation is 1. The summed E-state index contributed by atoms with van der Waals surface area (Å²) in [6.07, 6.45) is 1.83. The van der Waals surface area contributed by atoms with Gasteiger partial charge in [-0.3, -0.25) is 9.59 Å². The number of hydrogen-bond acceptors (Lipinski definition) is 3. The smallest absolute Gasteiger partial charge is 0.265 e. The van der Waals surface area contributed by atoms with Gasteiger partial charge in [-0.25, -0.2) is 0 Å². The van der Waals surface area contributed by atoms with Crippen LogP contribution in [0, 0.1) is 6.92 Å². The van der Waals surface area contributed by atoms with Crippen LogP contribution in [0.3, 0.4) is 0 Å². The van der Waals surface area contributed by atoms with Gasteiger partial charge in [-0.15, -0.1) is 0 Å². The maximum Gasteiger partial charge on any atom is 0.265 e. The Balaban J connectivity index is 2.00. The zero-order valence-electron chi connectivity index (χ0n) is 17.9. The van der Waals surface area contributed by atoms with E-state index in [0.29, 0.717) is 23.4 Å². The van der Waals surface area contributed by atoms with Crippen LogP contribution < -0.4 is 10.1 Å². The molecule has 0 saturated carbocycles. The van der Waals surface area contributed by atoms with E-state index in [4.69, 9.17) is 4.74 Å². The lowest BCUT2D eigenvalue weighted by molar-refractivity contribution is -0.122. The van der Waals surface area contributed by atoms with Gasteiger partial charge in [0, 0.05) is 24.3 Å². The van der Waals surface area contributed by atoms with Crippen LogP contribution in [0.4, 0.5) is 5.69 Å². The van der Waals surface area contributed by atoms with Gasteiger partial charge >= 0.3 is 0 Å². The molecule has 1 unspecified atom stereocenters. The SMILES string of the molecule is CCCN(CCC)C(=O)c1ccc(NC(=O)C(CC)Oc2ccc(C)cc2)cc1. The van der Waals surface area contributed by atoms with Crippen LogP contribution in [-0.2, 0) is 4.79 Å². The Labute approximate surface area is 174 Å². The van der Waals surface area contributed by atoms with E-state index in [9.17, 15) is 9.59 Å². The predicted molar refractivity (Wildman–Crippen MR) is 117 cm³/mol. The van der Waals surface area contributed by atoms with Gasteiger partial charge in [0.2, 0.25) is 0 Å². The average molecular weight is 397 g/mol. The first kappa shape index (κ1) is 22.5. The van der Waals surface area contributed by atoms with Gasteiger partial charge in [-0.2, -0.15) is 0 Å². The van der Waals surface area contributed by atoms with Gasteiger partial charge in [0.05, 0.1) is 0 Å². The van der Waals surface area contributed by atoms with Crippen molar-refractivity contribution in [3.8, 4) is 5.75 Å². The molecule has 156 valence electrons. The second kappa shape index (κ2) is 11.2. The summed E-state index contributed by atoms with van der Waals surface area (Å²) in [6.45, 7) is 9.55. The van der Waals surface area contributed by atoms with E-state index in [2.05, 4.69) is 19.2 Å². The van der Waals surface area contributed by atoms with Gasteiger partial charge in [0.25, 0.3) is 11.8 Å². The van der Waals surface area contributed by atoms with E-state index in [1.165, 1.54) is 0 Å². The van der Waals surface area contributed by atoms with Gasteiger partial charge in [-0.05, 0) is 62.6 Å². The van der Waals surface area contributed by atoms with Crippen LogP contribution in [0.25, 0.3) is 0 Å². The first-order valence-corrected chi connectivity index (χ1v) is 10.4. The third-order valence-electron chi connectivity index (χ3n) is 4.64. The highest BCUT2D eigenvalue weighted by Crippen LogP contribution is 2.17. The minimum atomic E-state index is -0.580. The Morgan fingerprint density at radius 3 is 2.03 bits per heavy atom. The summed E-state index contributed by atoms with van der Waals surface area (Å²) in [5.41, 5.74) is 2.42. The number of carbonyl (C=O) groups is 2. The Kier molecular flexibility index (Phi) is 8.71. The van der Waals surface area contributed by atoms with Gasteiger partial charge < -0.3 is 15.0 Å². The molecule has 0 spiro atoms. The van der Waals surface area contributed by atoms with E-state index in [1.807, 2.05) is 43.0 Å². The molecule has 1 N–H and O–H groups in total. The number of amides is 2. The summed E-state index contributed by atoms with van der Waals surface area (Å²) in [5, 5.41) is 2.88. The molecular weight excluding hydrogens is 364 g/mol. The number of carbonyl (C=O) groups excluding carboxylic acids is 2. The van der Waals surface area contributed by atoms with Crippen LogP contribution in [0.15, 0.2) is 48.5 Å². The molecule has 0 bridgehead atoms. The summed E-state index contributed by atoms with van der Waals surface area (Å²) >= 11 is 0. The molecule has 2 aromatic carbocycles. The summed E-state index contributed by atoms with van der Waals surface area (Å²) in [6, 6.07) is 14.7. The van der Waals surface area contributed by atoms with Crippen molar-refractivity contribution >= 4 is 17.5 Å². The zero-order chi connectivity index (χ0) is 21.2. The number of ether oxygens (including phenoxy) is 1. The lowest BCUT2D eigenvalue weighted by atomic mass is 10.1. The summed E-state index contributed by atoms with van der Waals surface area (Å²) in [7, 11) is 0. The number of nitrogens with one attached hydrogen (secondary N) is 1. The van der Waals surface area contributed by atoms with Crippen molar-refractivity contribution in [2.24, 2.45) is 0 Å². The highest BCUT2D eigenvalue weighted by atomic mass is 16.5. The Morgan fingerprint density at radius 1 is 0.931 bits per heavy atom. The van der Waals surface area contributed by atoms with Crippen LogP contribution in [0.1, 0.15) is 56.0 Å². The largest absolute Gasteiger partial charge is 0.481 e. The minimum Gasteiger partial charge on any atom is -0.481 e. The lowest BCUT2D eigenvalue weighted by Gasteiger charge is -2.21. The van der Waals surface area contributed by atoms with Crippen molar-refractivity contribution in [2.75, 3.05) is 18.4 Å². The molecule has 0 aliphatic rings. The number of rotatable bonds is 10. The van der Waals surface area contributed by atoms with Crippen LogP contribution >= 0.6 is 0 Å². The first-order valence-electron chi connectivity index (χ1n) is 10.4. The maximum atomic E-state index is 12.7. The van der Waals surface area contributed by atoms with Crippen molar-refractivity contribution in [3.63, 3.8) is 0 Å². The fourth-order valence-electron chi connectivity index (χ4n) is 3.06. The third-order valence-corrected chi connectivity index (χ3v) is 4.64. The Morgan fingerprint density at radius 2 is 1.52 bits per heavy atom. The summed E-state index contributed by atoms with van der Waals surface area (Å²) < 4.78 is 5.83. The average Bonchev–Trinajstić information content (AvgIpc) is 2.73. The fourth-order valence-corrected chi connectivity index (χ4v) is 3.06. The molecule has 0 radical (unpaired) electrons. The molecule has 0 aliphatic heterocycles. The van der Waals surface area contributed by atoms with Crippen LogP contribution in [-0.4, -0.2) is 35.9 Å². The molecule has 5 heteroatoms. The van der Waals surface area contributed by atoms with E-state index in [0.717, 1.165) is 31.5 Å². The highest BCUT2D eigenvalue weighted by molar-refractivity contribution is 5.97. The lowest BCUT2D eigenvalue weighted by Crippen LogP contribution is -2.33. The van der Waals surface area contributed by atoms with Crippen molar-refractivity contribution in [2.45, 2.75) is 53.1 Å². The molecule has 2 aromatic rings. The van der Waals surface area contributed by atoms with Crippen LogP contribution in [0.5, 0.6) is 5.75 Å². The molecule has 0 saturated heterocycles. The van der Waals surface area contributed by atoms with Crippen molar-refractivity contribution in [3.05, 3.63) is 59.7 Å². The zero-order valence-corrected chi connectivity index (χ0v) is 17.9. The van der Waals surface area contributed by atoms with Gasteiger partial charge in [0.1, 0.15) is 5.75 Å². The van der Waals surface area contributed by atoms with Crippen molar-refractivity contribution in [1.29, 1.82) is 0 Å². The minimum absolute atomic E-state index is 0.0284. The summed E-state index contributed by atoms with van der Waals surface area (Å²) in [5.74, 6) is 0.497. The van der Waals surface area contributed by atoms with E-state index >= 15 is 0 Å². The molecule has 1 atom stereocenters. The Bertz CT molecular complexity index is 779. The number of benzene rings is 2. The monoisotopic (exact) mass is 396 g/mol. The van der Waals surface area contributed by atoms with Crippen molar-refractivity contribution < 1.29 is 14.3 Å². The third kappa shape index (κ3) is 6.63. The van der Waals surface area contributed by atoms with Crippen molar-refractivity contribution in [1.82, 2.24) is 4.90 Å². The number of hydrogen-bond donors (Lipinski definition) is 1. The van der Waals surface area contributed by atoms with Gasteiger partial charge in [0.15, 0.2) is 6.10 Å². The molecule has 5 nitrogen and oxygen atoms in total. The second-order valence-electron chi connectivity index (χ2n) is 7.19. The molecule has 2 rings (SSSR count). The van der Waals surface area contributed by atoms with E-state index in [1.54, 1.807) is 24.3 Å². The highest BCUT2D eigenvalue weighted by Gasteiger charge is 2.19. The molecule has 0 fully saturated rings. The van der Waals surface area contributed by atoms with E-state index < -0.39 is 6.10 Å². The topological polar surface area (TPSA) is 58.6 Å². The Hall–Kier alpha value is -2.82. The van der Waals surface area contributed by atoms with Gasteiger partial charge in [-0.1, -0.05) is 38.5 Å². The number of anilines is 1. The molecule has 29 heavy (non-hydrogen) atoms. The maximum absolute atomic E-state index is 12.7. The second-order valence-corrected chi connectivity index (χ2v) is 7.19. The molecule has 0 aliphatic carbocycles. The number of nitrogens with zero attached hydrogens (tertiary/aromatic N) is 1. The molecule has 0 heterocycles.